The Hall–Kier alpha value is -1.10. The number of hydrogen-bond acceptors (Lipinski definition) is 5. The minimum Gasteiger partial charge on any atom is -0.465 e. The largest absolute Gasteiger partial charge is 0.465 e. The predicted molar refractivity (Wildman–Crippen MR) is 73.9 cm³/mol. The third kappa shape index (κ3) is 3.51. The summed E-state index contributed by atoms with van der Waals surface area (Å²) in [7, 11) is 0. The van der Waals surface area contributed by atoms with Crippen molar-refractivity contribution in [3.05, 3.63) is 0 Å². The van der Waals surface area contributed by atoms with Crippen molar-refractivity contribution in [2.45, 2.75) is 52.6 Å². The van der Waals surface area contributed by atoms with Crippen LogP contribution in [-0.2, 0) is 19.1 Å². The summed E-state index contributed by atoms with van der Waals surface area (Å²) in [5.41, 5.74) is -1.38. The molecule has 0 heterocycles. The predicted octanol–water partition coefficient (Wildman–Crippen LogP) is 1.92. The SMILES string of the molecule is CCOC(=O)C(C(=O)OCC)C1(O)CC(C)CCC1C. The number of hydrogen-bond donors (Lipinski definition) is 1. The first-order chi connectivity index (χ1) is 9.36. The minimum atomic E-state index is -1.38. The van der Waals surface area contributed by atoms with Crippen molar-refractivity contribution in [3.8, 4) is 0 Å². The van der Waals surface area contributed by atoms with Gasteiger partial charge in [0, 0.05) is 0 Å². The Morgan fingerprint density at radius 3 is 2.10 bits per heavy atom. The van der Waals surface area contributed by atoms with E-state index in [-0.39, 0.29) is 25.0 Å². The van der Waals surface area contributed by atoms with Gasteiger partial charge in [-0.2, -0.15) is 0 Å². The molecule has 0 radical (unpaired) electrons. The van der Waals surface area contributed by atoms with Gasteiger partial charge in [0.1, 0.15) is 0 Å². The average Bonchev–Trinajstić information content (AvgIpc) is 2.35. The lowest BCUT2D eigenvalue weighted by Gasteiger charge is -2.43. The number of ether oxygens (including phenoxy) is 2. The Kier molecular flexibility index (Phi) is 5.99. The molecular formula is C15H26O5. The van der Waals surface area contributed by atoms with Crippen LogP contribution in [0.5, 0.6) is 0 Å². The zero-order valence-electron chi connectivity index (χ0n) is 12.8. The van der Waals surface area contributed by atoms with Crippen LogP contribution < -0.4 is 0 Å². The molecule has 0 aromatic heterocycles. The molecule has 1 N–H and O–H groups in total. The van der Waals surface area contributed by atoms with E-state index < -0.39 is 23.5 Å². The van der Waals surface area contributed by atoms with Crippen molar-refractivity contribution in [1.29, 1.82) is 0 Å². The number of rotatable bonds is 5. The molecule has 1 rings (SSSR count). The molecule has 5 nitrogen and oxygen atoms in total. The molecule has 1 fully saturated rings. The van der Waals surface area contributed by atoms with Crippen molar-refractivity contribution in [3.63, 3.8) is 0 Å². The van der Waals surface area contributed by atoms with Gasteiger partial charge in [0.2, 0.25) is 0 Å². The van der Waals surface area contributed by atoms with Crippen LogP contribution in [0.4, 0.5) is 0 Å². The van der Waals surface area contributed by atoms with Gasteiger partial charge in [0.25, 0.3) is 0 Å². The van der Waals surface area contributed by atoms with Crippen LogP contribution in [0.25, 0.3) is 0 Å². The lowest BCUT2D eigenvalue weighted by Crippen LogP contribution is -2.55. The summed E-state index contributed by atoms with van der Waals surface area (Å²) in [6.45, 7) is 7.60. The van der Waals surface area contributed by atoms with Gasteiger partial charge in [-0.3, -0.25) is 9.59 Å². The lowest BCUT2D eigenvalue weighted by molar-refractivity contribution is -0.184. The number of esters is 2. The molecule has 116 valence electrons. The number of carbonyl (C=O) groups excluding carboxylic acids is 2. The molecule has 5 heteroatoms. The second kappa shape index (κ2) is 7.07. The lowest BCUT2D eigenvalue weighted by atomic mass is 9.66. The molecule has 20 heavy (non-hydrogen) atoms. The summed E-state index contributed by atoms with van der Waals surface area (Å²) in [4.78, 5) is 24.3. The Balaban J connectivity index is 3.06. The fourth-order valence-electron chi connectivity index (χ4n) is 3.00. The average molecular weight is 286 g/mol. The summed E-state index contributed by atoms with van der Waals surface area (Å²) in [6.07, 6.45) is 2.19. The first-order valence-corrected chi connectivity index (χ1v) is 7.42. The molecule has 1 aliphatic rings. The Labute approximate surface area is 120 Å². The van der Waals surface area contributed by atoms with Gasteiger partial charge in [0.15, 0.2) is 5.92 Å². The van der Waals surface area contributed by atoms with Crippen molar-refractivity contribution < 1.29 is 24.2 Å². The maximum absolute atomic E-state index is 12.1. The Morgan fingerprint density at radius 2 is 1.65 bits per heavy atom. The number of carbonyl (C=O) groups is 2. The maximum atomic E-state index is 12.1. The smallest absolute Gasteiger partial charge is 0.323 e. The van der Waals surface area contributed by atoms with E-state index in [0.717, 1.165) is 12.8 Å². The van der Waals surface area contributed by atoms with Crippen LogP contribution >= 0.6 is 0 Å². The first kappa shape index (κ1) is 17.0. The highest BCUT2D eigenvalue weighted by Crippen LogP contribution is 2.42. The highest BCUT2D eigenvalue weighted by atomic mass is 16.6. The summed E-state index contributed by atoms with van der Waals surface area (Å²) in [6, 6.07) is 0. The van der Waals surface area contributed by atoms with Crippen molar-refractivity contribution in [1.82, 2.24) is 0 Å². The third-order valence-electron chi connectivity index (χ3n) is 4.17. The van der Waals surface area contributed by atoms with Crippen LogP contribution in [0.3, 0.4) is 0 Å². The molecule has 3 unspecified atom stereocenters. The van der Waals surface area contributed by atoms with E-state index >= 15 is 0 Å². The first-order valence-electron chi connectivity index (χ1n) is 7.42. The fraction of sp³-hybridized carbons (Fsp3) is 0.867. The Morgan fingerprint density at radius 1 is 1.15 bits per heavy atom. The van der Waals surface area contributed by atoms with E-state index in [1.165, 1.54) is 0 Å². The van der Waals surface area contributed by atoms with E-state index in [1.807, 2.05) is 13.8 Å². The molecule has 0 aliphatic heterocycles. The highest BCUT2D eigenvalue weighted by Gasteiger charge is 2.53. The van der Waals surface area contributed by atoms with Crippen molar-refractivity contribution >= 4 is 11.9 Å². The zero-order chi connectivity index (χ0) is 15.3. The Bertz CT molecular complexity index is 336. The molecule has 0 saturated heterocycles. The third-order valence-corrected chi connectivity index (χ3v) is 4.17. The quantitative estimate of drug-likeness (QED) is 0.617. The normalized spacial score (nSPS) is 30.1. The zero-order valence-corrected chi connectivity index (χ0v) is 12.8. The van der Waals surface area contributed by atoms with E-state index in [4.69, 9.17) is 9.47 Å². The minimum absolute atomic E-state index is 0.141. The van der Waals surface area contributed by atoms with Gasteiger partial charge in [0.05, 0.1) is 18.8 Å². The standard InChI is InChI=1S/C15H26O5/c1-5-19-13(16)12(14(17)20-6-2)15(18)9-10(3)7-8-11(15)4/h10-12,18H,5-9H2,1-4H3. The fourth-order valence-corrected chi connectivity index (χ4v) is 3.00. The summed E-state index contributed by atoms with van der Waals surface area (Å²) < 4.78 is 9.95. The molecule has 0 spiro atoms. The maximum Gasteiger partial charge on any atom is 0.323 e. The van der Waals surface area contributed by atoms with Crippen LogP contribution in [-0.4, -0.2) is 35.9 Å². The molecular weight excluding hydrogens is 260 g/mol. The second-order valence-corrected chi connectivity index (χ2v) is 5.72. The molecule has 0 bridgehead atoms. The summed E-state index contributed by atoms with van der Waals surface area (Å²) in [5.74, 6) is -2.50. The number of aliphatic hydroxyl groups is 1. The van der Waals surface area contributed by atoms with Crippen LogP contribution in [0.1, 0.15) is 47.0 Å². The van der Waals surface area contributed by atoms with Crippen LogP contribution in [0, 0.1) is 17.8 Å². The van der Waals surface area contributed by atoms with Crippen molar-refractivity contribution in [2.24, 2.45) is 17.8 Å². The topological polar surface area (TPSA) is 72.8 Å². The van der Waals surface area contributed by atoms with Gasteiger partial charge in [-0.25, -0.2) is 0 Å². The van der Waals surface area contributed by atoms with E-state index in [1.54, 1.807) is 13.8 Å². The van der Waals surface area contributed by atoms with Gasteiger partial charge in [-0.15, -0.1) is 0 Å². The van der Waals surface area contributed by atoms with Crippen LogP contribution in [0.15, 0.2) is 0 Å². The van der Waals surface area contributed by atoms with E-state index in [9.17, 15) is 14.7 Å². The molecule has 0 aromatic carbocycles. The van der Waals surface area contributed by atoms with Gasteiger partial charge in [-0.05, 0) is 38.5 Å². The van der Waals surface area contributed by atoms with Crippen molar-refractivity contribution in [2.75, 3.05) is 13.2 Å². The van der Waals surface area contributed by atoms with Crippen LogP contribution in [0.2, 0.25) is 0 Å². The molecule has 1 saturated carbocycles. The monoisotopic (exact) mass is 286 g/mol. The summed E-state index contributed by atoms with van der Waals surface area (Å²) >= 11 is 0. The molecule has 3 atom stereocenters. The van der Waals surface area contributed by atoms with E-state index in [0.29, 0.717) is 6.42 Å². The van der Waals surface area contributed by atoms with Gasteiger partial charge in [-0.1, -0.05) is 20.3 Å². The second-order valence-electron chi connectivity index (χ2n) is 5.72. The molecule has 1 aliphatic carbocycles. The highest BCUT2D eigenvalue weighted by molar-refractivity contribution is 5.96. The van der Waals surface area contributed by atoms with E-state index in [2.05, 4.69) is 0 Å². The summed E-state index contributed by atoms with van der Waals surface area (Å²) in [5, 5.41) is 11.0. The van der Waals surface area contributed by atoms with Gasteiger partial charge < -0.3 is 14.6 Å². The molecule has 0 amide bonds. The molecule has 0 aromatic rings. The van der Waals surface area contributed by atoms with Gasteiger partial charge >= 0.3 is 11.9 Å².